The van der Waals surface area contributed by atoms with E-state index in [1.54, 1.807) is 12.1 Å². The van der Waals surface area contributed by atoms with Crippen LogP contribution in [-0.2, 0) is 6.18 Å². The van der Waals surface area contributed by atoms with Crippen molar-refractivity contribution < 1.29 is 17.6 Å². The van der Waals surface area contributed by atoms with Crippen LogP contribution >= 0.6 is 11.8 Å². The van der Waals surface area contributed by atoms with Gasteiger partial charge >= 0.3 is 6.18 Å². The maximum atomic E-state index is 12.5. The van der Waals surface area contributed by atoms with Crippen LogP contribution in [0.4, 0.5) is 13.2 Å². The van der Waals surface area contributed by atoms with Gasteiger partial charge in [-0.2, -0.15) is 13.2 Å². The Morgan fingerprint density at radius 1 is 1.30 bits per heavy atom. The predicted octanol–water partition coefficient (Wildman–Crippen LogP) is 3.87. The molecule has 0 aliphatic heterocycles. The third-order valence-corrected chi connectivity index (χ3v) is 4.01. The lowest BCUT2D eigenvalue weighted by Gasteiger charge is -2.17. The molecule has 0 saturated carbocycles. The molecule has 2 N–H and O–H groups in total. The summed E-state index contributed by atoms with van der Waals surface area (Å²) in [5.74, 6) is 0.673. The Balaban J connectivity index is 2.16. The van der Waals surface area contributed by atoms with E-state index in [-0.39, 0.29) is 11.3 Å². The van der Waals surface area contributed by atoms with E-state index in [4.69, 9.17) is 10.2 Å². The second kappa shape index (κ2) is 5.88. The molecule has 7 heteroatoms. The van der Waals surface area contributed by atoms with Crippen LogP contribution in [0.3, 0.4) is 0 Å². The molecular formula is C13H13F3N2OS. The highest BCUT2D eigenvalue weighted by atomic mass is 32.2. The molecule has 0 radical (unpaired) electrons. The standard InChI is InChI=1S/C13H13F3N2OS/c1-8(17)12(10-3-2-6-19-10)20-11-5-4-9(7-18-11)13(14,15)16/h2-8,12H,17H2,1H3. The topological polar surface area (TPSA) is 52.0 Å². The number of halogens is 3. The van der Waals surface area contributed by atoms with Crippen molar-refractivity contribution >= 4 is 11.8 Å². The summed E-state index contributed by atoms with van der Waals surface area (Å²) in [6.45, 7) is 1.81. The van der Waals surface area contributed by atoms with Gasteiger partial charge in [-0.15, -0.1) is 0 Å². The van der Waals surface area contributed by atoms with Crippen molar-refractivity contribution in [2.75, 3.05) is 0 Å². The first-order valence-corrected chi connectivity index (χ1v) is 6.75. The van der Waals surface area contributed by atoms with Crippen LogP contribution in [0.5, 0.6) is 0 Å². The second-order valence-electron chi connectivity index (χ2n) is 4.30. The Hall–Kier alpha value is -1.47. The number of thioether (sulfide) groups is 1. The van der Waals surface area contributed by atoms with Crippen molar-refractivity contribution in [1.29, 1.82) is 0 Å². The summed E-state index contributed by atoms with van der Waals surface area (Å²) in [5, 5.41) is 0.269. The first-order chi connectivity index (χ1) is 9.38. The molecule has 2 aromatic rings. The van der Waals surface area contributed by atoms with Gasteiger partial charge in [0.15, 0.2) is 0 Å². The quantitative estimate of drug-likeness (QED) is 0.871. The molecule has 2 rings (SSSR count). The number of aromatic nitrogens is 1. The molecule has 2 aromatic heterocycles. The monoisotopic (exact) mass is 302 g/mol. The molecule has 108 valence electrons. The Morgan fingerprint density at radius 2 is 2.05 bits per heavy atom. The van der Waals surface area contributed by atoms with Crippen LogP contribution in [0.15, 0.2) is 46.2 Å². The largest absolute Gasteiger partial charge is 0.468 e. The molecule has 0 fully saturated rings. The zero-order valence-corrected chi connectivity index (χ0v) is 11.4. The molecule has 2 heterocycles. The Kier molecular flexibility index (Phi) is 4.39. The van der Waals surface area contributed by atoms with Gasteiger partial charge in [0.2, 0.25) is 0 Å². The smallest absolute Gasteiger partial charge is 0.417 e. The first-order valence-electron chi connectivity index (χ1n) is 5.87. The van der Waals surface area contributed by atoms with Gasteiger partial charge in [-0.25, -0.2) is 4.98 Å². The van der Waals surface area contributed by atoms with E-state index < -0.39 is 11.7 Å². The highest BCUT2D eigenvalue weighted by Gasteiger charge is 2.31. The Labute approximate surface area is 118 Å². The molecule has 0 aromatic carbocycles. The average Bonchev–Trinajstić information content (AvgIpc) is 2.88. The summed E-state index contributed by atoms with van der Waals surface area (Å²) in [7, 11) is 0. The summed E-state index contributed by atoms with van der Waals surface area (Å²) in [6, 6.07) is 5.65. The second-order valence-corrected chi connectivity index (χ2v) is 5.46. The van der Waals surface area contributed by atoms with Crippen molar-refractivity contribution in [3.8, 4) is 0 Å². The predicted molar refractivity (Wildman–Crippen MR) is 70.2 cm³/mol. The minimum absolute atomic E-state index is 0.200. The normalized spacial score (nSPS) is 15.1. The van der Waals surface area contributed by atoms with Gasteiger partial charge < -0.3 is 10.2 Å². The van der Waals surface area contributed by atoms with Gasteiger partial charge in [0.25, 0.3) is 0 Å². The summed E-state index contributed by atoms with van der Waals surface area (Å²) in [5.41, 5.74) is 5.12. The SMILES string of the molecule is CC(N)C(Sc1ccc(C(F)(F)F)cn1)c1ccco1. The van der Waals surface area contributed by atoms with E-state index >= 15 is 0 Å². The van der Waals surface area contributed by atoms with Gasteiger partial charge in [-0.05, 0) is 31.2 Å². The van der Waals surface area contributed by atoms with Crippen LogP contribution in [0.1, 0.15) is 23.5 Å². The molecule has 0 bridgehead atoms. The Bertz CT molecular complexity index is 538. The third-order valence-electron chi connectivity index (χ3n) is 2.61. The number of pyridine rings is 1. The molecular weight excluding hydrogens is 289 g/mol. The van der Waals surface area contributed by atoms with Crippen molar-refractivity contribution in [3.05, 3.63) is 48.0 Å². The van der Waals surface area contributed by atoms with Crippen molar-refractivity contribution in [2.24, 2.45) is 5.73 Å². The average molecular weight is 302 g/mol. The molecule has 2 unspecified atom stereocenters. The van der Waals surface area contributed by atoms with E-state index in [1.807, 2.05) is 6.92 Å². The van der Waals surface area contributed by atoms with Crippen LogP contribution < -0.4 is 5.73 Å². The fourth-order valence-electron chi connectivity index (χ4n) is 1.63. The van der Waals surface area contributed by atoms with Crippen molar-refractivity contribution in [2.45, 2.75) is 29.4 Å². The lowest BCUT2D eigenvalue weighted by atomic mass is 10.2. The highest BCUT2D eigenvalue weighted by Crippen LogP contribution is 2.37. The lowest BCUT2D eigenvalue weighted by Crippen LogP contribution is -2.22. The number of nitrogens with zero attached hydrogens (tertiary/aromatic N) is 1. The van der Waals surface area contributed by atoms with Crippen molar-refractivity contribution in [3.63, 3.8) is 0 Å². The molecule has 2 atom stereocenters. The fraction of sp³-hybridized carbons (Fsp3) is 0.308. The maximum Gasteiger partial charge on any atom is 0.417 e. The van der Waals surface area contributed by atoms with Crippen molar-refractivity contribution in [1.82, 2.24) is 4.98 Å². The molecule has 0 aliphatic carbocycles. The van der Waals surface area contributed by atoms with Crippen LogP contribution in [0.2, 0.25) is 0 Å². The summed E-state index contributed by atoms with van der Waals surface area (Å²) in [4.78, 5) is 3.82. The molecule has 0 amide bonds. The summed E-state index contributed by atoms with van der Waals surface area (Å²) < 4.78 is 42.7. The van der Waals surface area contributed by atoms with Gasteiger partial charge in [0, 0.05) is 12.2 Å². The molecule has 0 aliphatic rings. The van der Waals surface area contributed by atoms with Gasteiger partial charge in [-0.1, -0.05) is 11.8 Å². The number of furan rings is 1. The van der Waals surface area contributed by atoms with E-state index in [0.717, 1.165) is 12.3 Å². The molecule has 20 heavy (non-hydrogen) atoms. The number of alkyl halides is 3. The minimum Gasteiger partial charge on any atom is -0.468 e. The number of hydrogen-bond acceptors (Lipinski definition) is 4. The number of nitrogens with two attached hydrogens (primary N) is 1. The minimum atomic E-state index is -4.38. The van der Waals surface area contributed by atoms with Crippen LogP contribution in [0, 0.1) is 0 Å². The van der Waals surface area contributed by atoms with Crippen LogP contribution in [-0.4, -0.2) is 11.0 Å². The van der Waals surface area contributed by atoms with E-state index in [9.17, 15) is 13.2 Å². The summed E-state index contributed by atoms with van der Waals surface area (Å²) in [6.07, 6.45) is -2.02. The fourth-order valence-corrected chi connectivity index (χ4v) is 2.61. The molecule has 0 saturated heterocycles. The maximum absolute atomic E-state index is 12.5. The van der Waals surface area contributed by atoms with Gasteiger partial charge in [0.1, 0.15) is 5.76 Å². The highest BCUT2D eigenvalue weighted by molar-refractivity contribution is 7.99. The number of rotatable bonds is 4. The third kappa shape index (κ3) is 3.55. The van der Waals surface area contributed by atoms with E-state index in [1.165, 1.54) is 24.1 Å². The van der Waals surface area contributed by atoms with E-state index in [2.05, 4.69) is 4.98 Å². The van der Waals surface area contributed by atoms with E-state index in [0.29, 0.717) is 10.8 Å². The van der Waals surface area contributed by atoms with Crippen LogP contribution in [0.25, 0.3) is 0 Å². The molecule has 3 nitrogen and oxygen atoms in total. The Morgan fingerprint density at radius 3 is 2.50 bits per heavy atom. The van der Waals surface area contributed by atoms with Gasteiger partial charge in [0.05, 0.1) is 22.1 Å². The zero-order chi connectivity index (χ0) is 14.8. The molecule has 0 spiro atoms. The lowest BCUT2D eigenvalue weighted by molar-refractivity contribution is -0.137. The first kappa shape index (κ1) is 14.9. The zero-order valence-electron chi connectivity index (χ0n) is 10.6. The van der Waals surface area contributed by atoms with Gasteiger partial charge in [-0.3, -0.25) is 0 Å². The number of hydrogen-bond donors (Lipinski definition) is 1. The summed E-state index contributed by atoms with van der Waals surface area (Å²) >= 11 is 1.28.